The highest BCUT2D eigenvalue weighted by Gasteiger charge is 2.01. The van der Waals surface area contributed by atoms with Gasteiger partial charge >= 0.3 is 0 Å². The molecule has 0 heterocycles. The van der Waals surface area contributed by atoms with Gasteiger partial charge in [0.1, 0.15) is 0 Å². The van der Waals surface area contributed by atoms with E-state index in [1.165, 1.54) is 12.8 Å². The van der Waals surface area contributed by atoms with Crippen molar-refractivity contribution in [2.75, 3.05) is 19.7 Å². The van der Waals surface area contributed by atoms with Crippen LogP contribution in [0, 0.1) is 5.92 Å². The molecule has 0 fully saturated rings. The minimum absolute atomic E-state index is 0.369. The van der Waals surface area contributed by atoms with Gasteiger partial charge in [-0.05, 0) is 39.3 Å². The van der Waals surface area contributed by atoms with Crippen LogP contribution in [0.1, 0.15) is 47.0 Å². The highest BCUT2D eigenvalue weighted by Crippen LogP contribution is 2.04. The summed E-state index contributed by atoms with van der Waals surface area (Å²) < 4.78 is 5.46. The average Bonchev–Trinajstić information content (AvgIpc) is 2.16. The van der Waals surface area contributed by atoms with E-state index in [9.17, 15) is 0 Å². The molecule has 0 atom stereocenters. The first-order valence-electron chi connectivity index (χ1n) is 6.03. The maximum atomic E-state index is 5.46. The Morgan fingerprint density at radius 2 is 1.79 bits per heavy atom. The smallest absolute Gasteiger partial charge is 0.0518 e. The van der Waals surface area contributed by atoms with Crippen molar-refractivity contribution in [3.8, 4) is 0 Å². The van der Waals surface area contributed by atoms with Crippen molar-refractivity contribution in [1.82, 2.24) is 5.32 Å². The van der Waals surface area contributed by atoms with Gasteiger partial charge in [-0.25, -0.2) is 0 Å². The summed E-state index contributed by atoms with van der Waals surface area (Å²) >= 11 is 0. The van der Waals surface area contributed by atoms with E-state index in [1.807, 2.05) is 0 Å². The van der Waals surface area contributed by atoms with E-state index in [4.69, 9.17) is 4.74 Å². The number of ether oxygens (including phenoxy) is 1. The van der Waals surface area contributed by atoms with Gasteiger partial charge < -0.3 is 10.1 Å². The predicted octanol–water partition coefficient (Wildman–Crippen LogP) is 2.83. The van der Waals surface area contributed by atoms with E-state index in [0.717, 1.165) is 32.0 Å². The van der Waals surface area contributed by atoms with Crippen LogP contribution in [0.25, 0.3) is 0 Å². The van der Waals surface area contributed by atoms with Gasteiger partial charge in [0, 0.05) is 6.61 Å². The minimum Gasteiger partial charge on any atom is -0.379 e. The van der Waals surface area contributed by atoms with Crippen molar-refractivity contribution >= 4 is 0 Å². The van der Waals surface area contributed by atoms with Crippen LogP contribution in [0.15, 0.2) is 0 Å². The second-order valence-corrected chi connectivity index (χ2v) is 4.16. The molecular formula is C12H27NO. The first kappa shape index (κ1) is 13.9. The van der Waals surface area contributed by atoms with E-state index in [1.54, 1.807) is 0 Å². The van der Waals surface area contributed by atoms with Gasteiger partial charge in [-0.1, -0.05) is 26.7 Å². The Balaban J connectivity index is 3.12. The summed E-state index contributed by atoms with van der Waals surface area (Å²) in [5, 5.41) is 3.48. The molecule has 0 unspecified atom stereocenters. The zero-order valence-corrected chi connectivity index (χ0v) is 10.3. The zero-order chi connectivity index (χ0) is 10.8. The fourth-order valence-corrected chi connectivity index (χ4v) is 1.40. The molecule has 0 radical (unpaired) electrons. The van der Waals surface area contributed by atoms with Crippen molar-refractivity contribution in [2.45, 2.75) is 53.1 Å². The molecule has 0 aliphatic heterocycles. The Bertz CT molecular complexity index is 111. The molecule has 0 aromatic heterocycles. The van der Waals surface area contributed by atoms with E-state index in [2.05, 4.69) is 33.0 Å². The molecule has 0 saturated heterocycles. The summed E-state index contributed by atoms with van der Waals surface area (Å²) in [6.45, 7) is 11.8. The van der Waals surface area contributed by atoms with Crippen LogP contribution >= 0.6 is 0 Å². The second kappa shape index (κ2) is 9.47. The molecule has 86 valence electrons. The van der Waals surface area contributed by atoms with Gasteiger partial charge in [0.2, 0.25) is 0 Å². The van der Waals surface area contributed by atoms with Crippen LogP contribution in [0.5, 0.6) is 0 Å². The third-order valence-corrected chi connectivity index (χ3v) is 2.54. The van der Waals surface area contributed by atoms with Crippen LogP contribution in [-0.4, -0.2) is 25.8 Å². The lowest BCUT2D eigenvalue weighted by atomic mass is 10.0. The lowest BCUT2D eigenvalue weighted by molar-refractivity contribution is 0.0769. The average molecular weight is 201 g/mol. The molecule has 0 amide bonds. The molecule has 0 aromatic carbocycles. The molecule has 0 bridgehead atoms. The molecule has 2 heteroatoms. The van der Waals surface area contributed by atoms with Crippen molar-refractivity contribution < 1.29 is 4.74 Å². The normalized spacial score (nSPS) is 11.6. The quantitative estimate of drug-likeness (QED) is 0.579. The molecule has 0 aromatic rings. The standard InChI is InChI=1S/C12H27NO/c1-5-12(6-2)10-13-8-7-9-14-11(3)4/h11-13H,5-10H2,1-4H3. The van der Waals surface area contributed by atoms with Crippen LogP contribution in [0.3, 0.4) is 0 Å². The Labute approximate surface area is 89.4 Å². The second-order valence-electron chi connectivity index (χ2n) is 4.16. The van der Waals surface area contributed by atoms with Gasteiger partial charge in [-0.15, -0.1) is 0 Å². The first-order chi connectivity index (χ1) is 6.70. The molecule has 0 spiro atoms. The highest BCUT2D eigenvalue weighted by atomic mass is 16.5. The fraction of sp³-hybridized carbons (Fsp3) is 1.00. The van der Waals surface area contributed by atoms with Crippen LogP contribution in [0.4, 0.5) is 0 Å². The van der Waals surface area contributed by atoms with Crippen molar-refractivity contribution in [2.24, 2.45) is 5.92 Å². The maximum absolute atomic E-state index is 5.46. The molecule has 0 aliphatic carbocycles. The van der Waals surface area contributed by atoms with Gasteiger partial charge in [-0.3, -0.25) is 0 Å². The summed E-state index contributed by atoms with van der Waals surface area (Å²) in [5.41, 5.74) is 0. The van der Waals surface area contributed by atoms with Crippen LogP contribution < -0.4 is 5.32 Å². The largest absolute Gasteiger partial charge is 0.379 e. The van der Waals surface area contributed by atoms with E-state index in [0.29, 0.717) is 6.10 Å². The molecule has 2 nitrogen and oxygen atoms in total. The molecule has 1 N–H and O–H groups in total. The van der Waals surface area contributed by atoms with Gasteiger partial charge in [0.25, 0.3) is 0 Å². The third-order valence-electron chi connectivity index (χ3n) is 2.54. The Morgan fingerprint density at radius 1 is 1.14 bits per heavy atom. The minimum atomic E-state index is 0.369. The molecule has 0 aliphatic rings. The van der Waals surface area contributed by atoms with Gasteiger partial charge in [0.15, 0.2) is 0 Å². The molecule has 0 saturated carbocycles. The highest BCUT2D eigenvalue weighted by molar-refractivity contribution is 4.58. The van der Waals surface area contributed by atoms with Crippen LogP contribution in [-0.2, 0) is 4.74 Å². The Hall–Kier alpha value is -0.0800. The van der Waals surface area contributed by atoms with Crippen LogP contribution in [0.2, 0.25) is 0 Å². The van der Waals surface area contributed by atoms with Gasteiger partial charge in [-0.2, -0.15) is 0 Å². The lowest BCUT2D eigenvalue weighted by Crippen LogP contribution is -2.24. The maximum Gasteiger partial charge on any atom is 0.0518 e. The SMILES string of the molecule is CCC(CC)CNCCCOC(C)C. The Kier molecular flexibility index (Phi) is 9.42. The summed E-state index contributed by atoms with van der Waals surface area (Å²) in [6.07, 6.45) is 4.06. The fourth-order valence-electron chi connectivity index (χ4n) is 1.40. The van der Waals surface area contributed by atoms with Crippen molar-refractivity contribution in [3.05, 3.63) is 0 Å². The summed E-state index contributed by atoms with van der Waals surface area (Å²) in [6, 6.07) is 0. The number of rotatable bonds is 9. The number of hydrogen-bond acceptors (Lipinski definition) is 2. The van der Waals surface area contributed by atoms with Crippen molar-refractivity contribution in [3.63, 3.8) is 0 Å². The molecule has 14 heavy (non-hydrogen) atoms. The monoisotopic (exact) mass is 201 g/mol. The summed E-state index contributed by atoms with van der Waals surface area (Å²) in [5.74, 6) is 0.848. The Morgan fingerprint density at radius 3 is 2.29 bits per heavy atom. The number of nitrogens with one attached hydrogen (secondary N) is 1. The summed E-state index contributed by atoms with van der Waals surface area (Å²) in [7, 11) is 0. The first-order valence-corrected chi connectivity index (χ1v) is 6.03. The molecular weight excluding hydrogens is 174 g/mol. The lowest BCUT2D eigenvalue weighted by Gasteiger charge is -2.13. The third kappa shape index (κ3) is 8.52. The predicted molar refractivity (Wildman–Crippen MR) is 62.6 cm³/mol. The molecule has 0 rings (SSSR count). The summed E-state index contributed by atoms with van der Waals surface area (Å²) in [4.78, 5) is 0. The topological polar surface area (TPSA) is 21.3 Å². The van der Waals surface area contributed by atoms with Crippen molar-refractivity contribution in [1.29, 1.82) is 0 Å². The van der Waals surface area contributed by atoms with E-state index >= 15 is 0 Å². The zero-order valence-electron chi connectivity index (χ0n) is 10.3. The number of hydrogen-bond donors (Lipinski definition) is 1. The van der Waals surface area contributed by atoms with Gasteiger partial charge in [0.05, 0.1) is 6.10 Å². The van der Waals surface area contributed by atoms with E-state index < -0.39 is 0 Å². The van der Waals surface area contributed by atoms with E-state index in [-0.39, 0.29) is 0 Å².